The molecule has 1 atom stereocenters. The van der Waals surface area contributed by atoms with Crippen LogP contribution in [0, 0.1) is 0 Å². The van der Waals surface area contributed by atoms with Crippen LogP contribution in [0.4, 0.5) is 0 Å². The molecule has 1 unspecified atom stereocenters. The Hall–Kier alpha value is -1.99. The second-order valence-electron chi connectivity index (χ2n) is 8.45. The Bertz CT molecular complexity index is 853. The van der Waals surface area contributed by atoms with E-state index in [4.69, 9.17) is 32.7 Å². The number of carbonyl (C=O) groups excluding carboxylic acids is 1. The van der Waals surface area contributed by atoms with Crippen molar-refractivity contribution in [2.24, 2.45) is 0 Å². The van der Waals surface area contributed by atoms with E-state index in [0.29, 0.717) is 34.1 Å². The SMILES string of the molecule is CC1(NC(=O)COc2ccc(Cl)cc2)CCC(NCC(O)COc2ccc(Cl)cc2)CC1. The predicted molar refractivity (Wildman–Crippen MR) is 127 cm³/mol. The van der Waals surface area contributed by atoms with E-state index in [1.807, 2.05) is 0 Å². The van der Waals surface area contributed by atoms with E-state index in [0.717, 1.165) is 25.7 Å². The molecule has 3 N–H and O–H groups in total. The fourth-order valence-corrected chi connectivity index (χ4v) is 3.97. The van der Waals surface area contributed by atoms with E-state index in [1.54, 1.807) is 48.5 Å². The minimum Gasteiger partial charge on any atom is -0.491 e. The predicted octanol–water partition coefficient (Wildman–Crippen LogP) is 4.22. The summed E-state index contributed by atoms with van der Waals surface area (Å²) in [5.74, 6) is 1.16. The highest BCUT2D eigenvalue weighted by atomic mass is 35.5. The van der Waals surface area contributed by atoms with Crippen molar-refractivity contribution in [3.05, 3.63) is 58.6 Å². The molecule has 0 radical (unpaired) electrons. The minimum atomic E-state index is -0.608. The van der Waals surface area contributed by atoms with Crippen molar-refractivity contribution in [3.63, 3.8) is 0 Å². The summed E-state index contributed by atoms with van der Waals surface area (Å²) in [6.07, 6.45) is 2.94. The summed E-state index contributed by atoms with van der Waals surface area (Å²) in [6, 6.07) is 14.3. The number of hydrogen-bond donors (Lipinski definition) is 3. The zero-order valence-corrected chi connectivity index (χ0v) is 19.7. The Labute approximate surface area is 199 Å². The summed E-state index contributed by atoms with van der Waals surface area (Å²) in [6.45, 7) is 2.70. The van der Waals surface area contributed by atoms with Gasteiger partial charge in [0.2, 0.25) is 0 Å². The number of hydrogen-bond acceptors (Lipinski definition) is 5. The summed E-state index contributed by atoms with van der Waals surface area (Å²) in [7, 11) is 0. The van der Waals surface area contributed by atoms with Crippen molar-refractivity contribution >= 4 is 29.1 Å². The van der Waals surface area contributed by atoms with Crippen molar-refractivity contribution < 1.29 is 19.4 Å². The highest BCUT2D eigenvalue weighted by Gasteiger charge is 2.32. The highest BCUT2D eigenvalue weighted by Crippen LogP contribution is 2.28. The first kappa shape index (κ1) is 24.6. The fraction of sp³-hybridized carbons (Fsp3) is 0.458. The summed E-state index contributed by atoms with van der Waals surface area (Å²) in [5, 5.41) is 18.0. The first-order valence-electron chi connectivity index (χ1n) is 10.8. The first-order valence-corrected chi connectivity index (χ1v) is 11.6. The van der Waals surface area contributed by atoms with Crippen LogP contribution in [0.5, 0.6) is 11.5 Å². The van der Waals surface area contributed by atoms with Gasteiger partial charge < -0.3 is 25.2 Å². The van der Waals surface area contributed by atoms with Crippen LogP contribution in [-0.2, 0) is 4.79 Å². The lowest BCUT2D eigenvalue weighted by atomic mass is 9.80. The average Bonchev–Trinajstić information content (AvgIpc) is 2.78. The molecule has 1 amide bonds. The number of rotatable bonds is 10. The molecule has 2 aromatic rings. The van der Waals surface area contributed by atoms with Gasteiger partial charge in [-0.3, -0.25) is 4.79 Å². The van der Waals surface area contributed by atoms with Gasteiger partial charge in [0, 0.05) is 28.2 Å². The van der Waals surface area contributed by atoms with Gasteiger partial charge in [-0.25, -0.2) is 0 Å². The van der Waals surface area contributed by atoms with Crippen molar-refractivity contribution in [1.82, 2.24) is 10.6 Å². The van der Waals surface area contributed by atoms with Gasteiger partial charge in [0.15, 0.2) is 6.61 Å². The number of amides is 1. The van der Waals surface area contributed by atoms with Crippen LogP contribution < -0.4 is 20.1 Å². The number of nitrogens with one attached hydrogen (secondary N) is 2. The number of halogens is 2. The number of benzene rings is 2. The topological polar surface area (TPSA) is 79.8 Å². The molecular weight excluding hydrogens is 451 g/mol. The van der Waals surface area contributed by atoms with Crippen LogP contribution in [0.25, 0.3) is 0 Å². The van der Waals surface area contributed by atoms with E-state index < -0.39 is 6.10 Å². The molecule has 1 aliphatic carbocycles. The van der Waals surface area contributed by atoms with Crippen molar-refractivity contribution in [1.29, 1.82) is 0 Å². The van der Waals surface area contributed by atoms with Crippen LogP contribution >= 0.6 is 23.2 Å². The van der Waals surface area contributed by atoms with E-state index in [9.17, 15) is 9.90 Å². The Morgan fingerprint density at radius 2 is 1.56 bits per heavy atom. The lowest BCUT2D eigenvalue weighted by Crippen LogP contribution is -2.52. The molecule has 6 nitrogen and oxygen atoms in total. The van der Waals surface area contributed by atoms with Crippen LogP contribution in [0.2, 0.25) is 10.0 Å². The smallest absolute Gasteiger partial charge is 0.258 e. The molecule has 1 aliphatic rings. The largest absolute Gasteiger partial charge is 0.491 e. The summed E-state index contributed by atoms with van der Waals surface area (Å²) < 4.78 is 11.1. The first-order chi connectivity index (χ1) is 15.3. The third-order valence-electron chi connectivity index (χ3n) is 5.61. The van der Waals surface area contributed by atoms with Gasteiger partial charge in [0.1, 0.15) is 24.2 Å². The average molecular weight is 481 g/mol. The second-order valence-corrected chi connectivity index (χ2v) is 9.33. The van der Waals surface area contributed by atoms with E-state index in [1.165, 1.54) is 0 Å². The monoisotopic (exact) mass is 480 g/mol. The van der Waals surface area contributed by atoms with E-state index in [2.05, 4.69) is 17.6 Å². The van der Waals surface area contributed by atoms with Crippen molar-refractivity contribution in [2.75, 3.05) is 19.8 Å². The van der Waals surface area contributed by atoms with Crippen LogP contribution in [0.1, 0.15) is 32.6 Å². The molecular formula is C24H30Cl2N2O4. The zero-order chi connectivity index (χ0) is 23.0. The van der Waals surface area contributed by atoms with Crippen molar-refractivity contribution in [2.45, 2.75) is 50.3 Å². The van der Waals surface area contributed by atoms with Gasteiger partial charge in [0.25, 0.3) is 5.91 Å². The molecule has 0 bridgehead atoms. The maximum atomic E-state index is 12.3. The van der Waals surface area contributed by atoms with Crippen molar-refractivity contribution in [3.8, 4) is 11.5 Å². The lowest BCUT2D eigenvalue weighted by molar-refractivity contribution is -0.125. The van der Waals surface area contributed by atoms with Crippen LogP contribution in [-0.4, -0.2) is 48.5 Å². The summed E-state index contributed by atoms with van der Waals surface area (Å²) in [4.78, 5) is 12.3. The van der Waals surface area contributed by atoms with Gasteiger partial charge in [-0.1, -0.05) is 23.2 Å². The molecule has 2 aromatic carbocycles. The quantitative estimate of drug-likeness (QED) is 0.474. The molecule has 0 saturated heterocycles. The number of carbonyl (C=O) groups is 1. The molecule has 0 spiro atoms. The number of aliphatic hydroxyl groups is 1. The maximum Gasteiger partial charge on any atom is 0.258 e. The van der Waals surface area contributed by atoms with Gasteiger partial charge >= 0.3 is 0 Å². The van der Waals surface area contributed by atoms with Gasteiger partial charge in [-0.2, -0.15) is 0 Å². The van der Waals surface area contributed by atoms with Gasteiger partial charge in [-0.15, -0.1) is 0 Å². The third-order valence-corrected chi connectivity index (χ3v) is 6.12. The van der Waals surface area contributed by atoms with Gasteiger partial charge in [-0.05, 0) is 81.1 Å². The molecule has 0 aromatic heterocycles. The van der Waals surface area contributed by atoms with Crippen LogP contribution in [0.15, 0.2) is 48.5 Å². The standard InChI is InChI=1S/C24H30Cl2N2O4/c1-24(28-23(30)16-32-22-8-4-18(26)5-9-22)12-10-19(11-13-24)27-14-20(29)15-31-21-6-2-17(25)3-7-21/h2-9,19-20,27,29H,10-16H2,1H3,(H,28,30). The number of aliphatic hydroxyl groups excluding tert-OH is 1. The molecule has 174 valence electrons. The lowest BCUT2D eigenvalue weighted by Gasteiger charge is -2.38. The Kier molecular flexibility index (Phi) is 9.05. The number of ether oxygens (including phenoxy) is 2. The summed E-state index contributed by atoms with van der Waals surface area (Å²) >= 11 is 11.7. The third kappa shape index (κ3) is 8.17. The maximum absolute atomic E-state index is 12.3. The zero-order valence-electron chi connectivity index (χ0n) is 18.2. The van der Waals surface area contributed by atoms with E-state index >= 15 is 0 Å². The van der Waals surface area contributed by atoms with E-state index in [-0.39, 0.29) is 24.7 Å². The molecule has 1 fully saturated rings. The van der Waals surface area contributed by atoms with Gasteiger partial charge in [0.05, 0.1) is 0 Å². The molecule has 3 rings (SSSR count). The summed E-state index contributed by atoms with van der Waals surface area (Å²) in [5.41, 5.74) is -0.255. The molecule has 8 heteroatoms. The Morgan fingerprint density at radius 3 is 2.12 bits per heavy atom. The molecule has 0 aliphatic heterocycles. The minimum absolute atomic E-state index is 0.0291. The van der Waals surface area contributed by atoms with Crippen LogP contribution in [0.3, 0.4) is 0 Å². The Morgan fingerprint density at radius 1 is 1.03 bits per heavy atom. The fourth-order valence-electron chi connectivity index (χ4n) is 3.72. The second kappa shape index (κ2) is 11.8. The molecule has 1 saturated carbocycles. The Balaban J connectivity index is 1.32. The normalized spacial score (nSPS) is 21.6. The highest BCUT2D eigenvalue weighted by molar-refractivity contribution is 6.30. The molecule has 32 heavy (non-hydrogen) atoms. The molecule has 0 heterocycles.